The highest BCUT2D eigenvalue weighted by atomic mass is 16.3. The third-order valence-electron chi connectivity index (χ3n) is 3.03. The normalized spacial score (nSPS) is 11.2. The maximum atomic E-state index is 9.26. The fourth-order valence-electron chi connectivity index (χ4n) is 1.92. The highest BCUT2D eigenvalue weighted by molar-refractivity contribution is 5.26. The summed E-state index contributed by atoms with van der Waals surface area (Å²) in [6.07, 6.45) is 2.08. The number of rotatable bonds is 5. The van der Waals surface area contributed by atoms with Gasteiger partial charge in [0.2, 0.25) is 0 Å². The Hall–Kier alpha value is -1.81. The van der Waals surface area contributed by atoms with Crippen LogP contribution < -0.4 is 5.32 Å². The van der Waals surface area contributed by atoms with Crippen molar-refractivity contribution < 1.29 is 5.11 Å². The molecule has 2 aromatic rings. The quantitative estimate of drug-likeness (QED) is 0.867. The molecule has 4 heteroatoms. The number of aromatic hydroxyl groups is 1. The van der Waals surface area contributed by atoms with Gasteiger partial charge in [-0.1, -0.05) is 26.0 Å². The van der Waals surface area contributed by atoms with Gasteiger partial charge in [-0.3, -0.25) is 4.68 Å². The molecule has 2 rings (SSSR count). The van der Waals surface area contributed by atoms with E-state index < -0.39 is 0 Å². The Morgan fingerprint density at radius 3 is 2.58 bits per heavy atom. The Balaban J connectivity index is 2.05. The fraction of sp³-hybridized carbons (Fsp3) is 0.400. The van der Waals surface area contributed by atoms with Crippen LogP contribution in [0.15, 0.2) is 30.5 Å². The Labute approximate surface area is 114 Å². The third kappa shape index (κ3) is 3.83. The number of phenolic OH excluding ortho intramolecular Hbond substituents is 1. The molecule has 0 aliphatic rings. The van der Waals surface area contributed by atoms with Crippen molar-refractivity contribution in [2.75, 3.05) is 0 Å². The topological polar surface area (TPSA) is 50.1 Å². The predicted octanol–water partition coefficient (Wildman–Crippen LogP) is 2.44. The molecule has 2 N–H and O–H groups in total. The molecule has 0 saturated carbocycles. The smallest absolute Gasteiger partial charge is 0.115 e. The lowest BCUT2D eigenvalue weighted by atomic mass is 10.2. The van der Waals surface area contributed by atoms with Gasteiger partial charge in [0.25, 0.3) is 0 Å². The fourth-order valence-corrected chi connectivity index (χ4v) is 1.92. The highest BCUT2D eigenvalue weighted by Crippen LogP contribution is 2.12. The van der Waals surface area contributed by atoms with E-state index in [0.29, 0.717) is 11.8 Å². The lowest BCUT2D eigenvalue weighted by molar-refractivity contribution is 0.475. The molecule has 102 valence electrons. The zero-order valence-corrected chi connectivity index (χ0v) is 11.7. The van der Waals surface area contributed by atoms with E-state index in [4.69, 9.17) is 0 Å². The first kappa shape index (κ1) is 13.6. The standard InChI is InChI=1S/C15H21N3O/c1-11(2)16-8-14-10-18(17-12(14)3)9-13-4-6-15(19)7-5-13/h4-7,10-11,16,19H,8-9H2,1-3H3. The van der Waals surface area contributed by atoms with Gasteiger partial charge in [-0.05, 0) is 24.6 Å². The molecule has 0 atom stereocenters. The van der Waals surface area contributed by atoms with Crippen molar-refractivity contribution >= 4 is 0 Å². The minimum absolute atomic E-state index is 0.294. The SMILES string of the molecule is Cc1nn(Cc2ccc(O)cc2)cc1CNC(C)C. The van der Waals surface area contributed by atoms with Crippen LogP contribution >= 0.6 is 0 Å². The van der Waals surface area contributed by atoms with Crippen molar-refractivity contribution in [1.29, 1.82) is 0 Å². The van der Waals surface area contributed by atoms with Crippen LogP contribution in [0.4, 0.5) is 0 Å². The molecule has 0 unspecified atom stereocenters. The summed E-state index contributed by atoms with van der Waals surface area (Å²) in [5, 5.41) is 17.2. The molecule has 1 heterocycles. The van der Waals surface area contributed by atoms with Crippen LogP contribution in [0.3, 0.4) is 0 Å². The molecule has 0 aliphatic heterocycles. The number of aromatic nitrogens is 2. The number of nitrogens with one attached hydrogen (secondary N) is 1. The van der Waals surface area contributed by atoms with Gasteiger partial charge in [-0.15, -0.1) is 0 Å². The van der Waals surface area contributed by atoms with Gasteiger partial charge in [0.1, 0.15) is 5.75 Å². The zero-order valence-electron chi connectivity index (χ0n) is 11.7. The van der Waals surface area contributed by atoms with Crippen molar-refractivity contribution in [2.45, 2.75) is 39.9 Å². The van der Waals surface area contributed by atoms with Crippen molar-refractivity contribution in [3.63, 3.8) is 0 Å². The summed E-state index contributed by atoms with van der Waals surface area (Å²) in [5.74, 6) is 0.294. The van der Waals surface area contributed by atoms with Gasteiger partial charge < -0.3 is 10.4 Å². The molecule has 0 spiro atoms. The van der Waals surface area contributed by atoms with Crippen LogP contribution in [0.5, 0.6) is 5.75 Å². The van der Waals surface area contributed by atoms with E-state index in [2.05, 4.69) is 30.5 Å². The molecule has 1 aromatic heterocycles. The van der Waals surface area contributed by atoms with Crippen LogP contribution in [0, 0.1) is 6.92 Å². The molecule has 0 radical (unpaired) electrons. The maximum Gasteiger partial charge on any atom is 0.115 e. The molecule has 4 nitrogen and oxygen atoms in total. The second-order valence-corrected chi connectivity index (χ2v) is 5.14. The average molecular weight is 259 g/mol. The minimum atomic E-state index is 0.294. The van der Waals surface area contributed by atoms with Crippen LogP contribution in [0.25, 0.3) is 0 Å². The van der Waals surface area contributed by atoms with E-state index in [1.165, 1.54) is 5.56 Å². The van der Waals surface area contributed by atoms with Gasteiger partial charge in [0.15, 0.2) is 0 Å². The average Bonchev–Trinajstić information content (AvgIpc) is 2.70. The van der Waals surface area contributed by atoms with Crippen LogP contribution in [0.1, 0.15) is 30.7 Å². The molecule has 0 saturated heterocycles. The van der Waals surface area contributed by atoms with E-state index in [9.17, 15) is 5.11 Å². The van der Waals surface area contributed by atoms with Gasteiger partial charge in [0.05, 0.1) is 12.2 Å². The molecular formula is C15H21N3O. The Morgan fingerprint density at radius 1 is 1.26 bits per heavy atom. The number of nitrogens with zero attached hydrogens (tertiary/aromatic N) is 2. The van der Waals surface area contributed by atoms with E-state index in [-0.39, 0.29) is 0 Å². The number of aryl methyl sites for hydroxylation is 1. The molecule has 0 amide bonds. The Bertz CT molecular complexity index is 529. The number of phenols is 1. The second-order valence-electron chi connectivity index (χ2n) is 5.14. The zero-order chi connectivity index (χ0) is 13.8. The summed E-state index contributed by atoms with van der Waals surface area (Å²) in [6.45, 7) is 7.87. The van der Waals surface area contributed by atoms with Gasteiger partial charge in [0, 0.05) is 24.3 Å². The van der Waals surface area contributed by atoms with E-state index >= 15 is 0 Å². The summed E-state index contributed by atoms with van der Waals surface area (Å²) < 4.78 is 1.94. The first-order valence-corrected chi connectivity index (χ1v) is 6.59. The lowest BCUT2D eigenvalue weighted by Gasteiger charge is -2.06. The predicted molar refractivity (Wildman–Crippen MR) is 76.1 cm³/mol. The summed E-state index contributed by atoms with van der Waals surface area (Å²) in [6, 6.07) is 7.70. The molecule has 0 aliphatic carbocycles. The number of benzene rings is 1. The molecule has 0 bridgehead atoms. The van der Waals surface area contributed by atoms with E-state index in [0.717, 1.165) is 24.3 Å². The molecule has 19 heavy (non-hydrogen) atoms. The van der Waals surface area contributed by atoms with Gasteiger partial charge in [-0.2, -0.15) is 5.10 Å². The summed E-state index contributed by atoms with van der Waals surface area (Å²) in [5.41, 5.74) is 3.42. The summed E-state index contributed by atoms with van der Waals surface area (Å²) in [4.78, 5) is 0. The largest absolute Gasteiger partial charge is 0.508 e. The number of hydrogen-bond acceptors (Lipinski definition) is 3. The van der Waals surface area contributed by atoms with Gasteiger partial charge in [-0.25, -0.2) is 0 Å². The van der Waals surface area contributed by atoms with Crippen molar-refractivity contribution in [3.05, 3.63) is 47.3 Å². The van der Waals surface area contributed by atoms with Crippen LogP contribution in [-0.4, -0.2) is 20.9 Å². The van der Waals surface area contributed by atoms with E-state index in [1.807, 2.05) is 23.7 Å². The Kier molecular flexibility index (Phi) is 4.22. The summed E-state index contributed by atoms with van der Waals surface area (Å²) >= 11 is 0. The van der Waals surface area contributed by atoms with Crippen molar-refractivity contribution in [1.82, 2.24) is 15.1 Å². The molecule has 0 fully saturated rings. The third-order valence-corrected chi connectivity index (χ3v) is 3.03. The first-order chi connectivity index (χ1) is 9.04. The van der Waals surface area contributed by atoms with Crippen molar-refractivity contribution in [3.8, 4) is 5.75 Å². The molecular weight excluding hydrogens is 238 g/mol. The first-order valence-electron chi connectivity index (χ1n) is 6.59. The van der Waals surface area contributed by atoms with Crippen LogP contribution in [-0.2, 0) is 13.1 Å². The highest BCUT2D eigenvalue weighted by Gasteiger charge is 2.06. The van der Waals surface area contributed by atoms with Crippen molar-refractivity contribution in [2.24, 2.45) is 0 Å². The number of hydrogen-bond donors (Lipinski definition) is 2. The monoisotopic (exact) mass is 259 g/mol. The summed E-state index contributed by atoms with van der Waals surface area (Å²) in [7, 11) is 0. The van der Waals surface area contributed by atoms with E-state index in [1.54, 1.807) is 12.1 Å². The Morgan fingerprint density at radius 2 is 1.95 bits per heavy atom. The minimum Gasteiger partial charge on any atom is -0.508 e. The maximum absolute atomic E-state index is 9.26. The van der Waals surface area contributed by atoms with Gasteiger partial charge >= 0.3 is 0 Å². The molecule has 1 aromatic carbocycles. The van der Waals surface area contributed by atoms with Crippen LogP contribution in [0.2, 0.25) is 0 Å². The lowest BCUT2D eigenvalue weighted by Crippen LogP contribution is -2.21. The second kappa shape index (κ2) is 5.89.